The van der Waals surface area contributed by atoms with Crippen molar-refractivity contribution < 1.29 is 4.79 Å². The van der Waals surface area contributed by atoms with Gasteiger partial charge in [0.05, 0.1) is 0 Å². The third kappa shape index (κ3) is 4.27. The van der Waals surface area contributed by atoms with Crippen molar-refractivity contribution >= 4 is 34.0 Å². The summed E-state index contributed by atoms with van der Waals surface area (Å²) in [6.45, 7) is 3.31. The largest absolute Gasteiger partial charge is 0.322 e. The van der Waals surface area contributed by atoms with Gasteiger partial charge in [-0.05, 0) is 22.8 Å². The molecule has 0 bridgehead atoms. The number of rotatable bonds is 5. The Hall–Kier alpha value is -2.72. The highest BCUT2D eigenvalue weighted by atomic mass is 32.1. The van der Waals surface area contributed by atoms with Gasteiger partial charge in [0, 0.05) is 18.7 Å². The number of nitrogens with zero attached hydrogens (tertiary/aromatic N) is 1. The van der Waals surface area contributed by atoms with E-state index in [0.29, 0.717) is 18.1 Å². The molecular weight excluding hydrogens is 340 g/mol. The molecule has 0 aliphatic rings. The summed E-state index contributed by atoms with van der Waals surface area (Å²) in [5.74, 6) is 0. The van der Waals surface area contributed by atoms with Gasteiger partial charge >= 0.3 is 6.03 Å². The fourth-order valence-electron chi connectivity index (χ4n) is 2.99. The van der Waals surface area contributed by atoms with E-state index in [2.05, 4.69) is 12.2 Å². The molecular formula is C22H22N2OS. The SMILES string of the molecule is CCCN(Cc1ccccc1)C(=O)NC(=S)c1cccc2ccccc12. The highest BCUT2D eigenvalue weighted by Crippen LogP contribution is 2.19. The molecule has 3 rings (SSSR count). The molecule has 0 unspecified atom stereocenters. The zero-order valence-electron chi connectivity index (χ0n) is 14.8. The van der Waals surface area contributed by atoms with Crippen molar-refractivity contribution in [1.29, 1.82) is 0 Å². The highest BCUT2D eigenvalue weighted by Gasteiger charge is 2.16. The zero-order valence-corrected chi connectivity index (χ0v) is 15.6. The monoisotopic (exact) mass is 362 g/mol. The molecule has 0 spiro atoms. The van der Waals surface area contributed by atoms with E-state index in [9.17, 15) is 4.79 Å². The highest BCUT2D eigenvalue weighted by molar-refractivity contribution is 7.80. The Morgan fingerprint density at radius 1 is 0.962 bits per heavy atom. The van der Waals surface area contributed by atoms with E-state index in [0.717, 1.165) is 28.3 Å². The molecule has 0 saturated heterocycles. The van der Waals surface area contributed by atoms with Crippen LogP contribution in [0, 0.1) is 0 Å². The normalized spacial score (nSPS) is 10.5. The minimum Gasteiger partial charge on any atom is -0.320 e. The number of hydrogen-bond acceptors (Lipinski definition) is 2. The van der Waals surface area contributed by atoms with Gasteiger partial charge in [0.1, 0.15) is 4.99 Å². The number of nitrogens with one attached hydrogen (secondary N) is 1. The Balaban J connectivity index is 1.77. The summed E-state index contributed by atoms with van der Waals surface area (Å²) in [6.07, 6.45) is 0.890. The van der Waals surface area contributed by atoms with Crippen LogP contribution in [0.3, 0.4) is 0 Å². The minimum atomic E-state index is -0.159. The Labute approximate surface area is 159 Å². The lowest BCUT2D eigenvalue weighted by atomic mass is 10.0. The fourth-order valence-corrected chi connectivity index (χ4v) is 3.26. The van der Waals surface area contributed by atoms with Gasteiger partial charge in [0.2, 0.25) is 0 Å². The van der Waals surface area contributed by atoms with Gasteiger partial charge in [-0.3, -0.25) is 5.32 Å². The van der Waals surface area contributed by atoms with Crippen LogP contribution >= 0.6 is 12.2 Å². The third-order valence-electron chi connectivity index (χ3n) is 4.25. The molecule has 3 aromatic carbocycles. The van der Waals surface area contributed by atoms with E-state index in [1.807, 2.05) is 72.8 Å². The average Bonchev–Trinajstić information content (AvgIpc) is 2.68. The quantitative estimate of drug-likeness (QED) is 0.638. The maximum absolute atomic E-state index is 12.8. The molecule has 26 heavy (non-hydrogen) atoms. The van der Waals surface area contributed by atoms with Crippen LogP contribution < -0.4 is 5.32 Å². The van der Waals surface area contributed by atoms with Crippen molar-refractivity contribution in [1.82, 2.24) is 10.2 Å². The molecule has 0 aliphatic heterocycles. The molecule has 0 heterocycles. The van der Waals surface area contributed by atoms with Crippen molar-refractivity contribution in [3.8, 4) is 0 Å². The molecule has 3 nitrogen and oxygen atoms in total. The molecule has 2 amide bonds. The van der Waals surface area contributed by atoms with Gasteiger partial charge in [-0.15, -0.1) is 0 Å². The molecule has 0 fully saturated rings. The molecule has 1 N–H and O–H groups in total. The van der Waals surface area contributed by atoms with Crippen molar-refractivity contribution in [2.45, 2.75) is 19.9 Å². The molecule has 0 atom stereocenters. The first kappa shape index (κ1) is 18.1. The first-order valence-corrected chi connectivity index (χ1v) is 9.22. The fraction of sp³-hybridized carbons (Fsp3) is 0.182. The summed E-state index contributed by atoms with van der Waals surface area (Å²) in [6, 6.07) is 23.8. The summed E-state index contributed by atoms with van der Waals surface area (Å²) in [5, 5.41) is 5.07. The molecule has 0 saturated carbocycles. The van der Waals surface area contributed by atoms with Crippen molar-refractivity contribution in [3.63, 3.8) is 0 Å². The van der Waals surface area contributed by atoms with Crippen LogP contribution in [0.2, 0.25) is 0 Å². The van der Waals surface area contributed by atoms with Crippen LogP contribution in [0.4, 0.5) is 4.79 Å². The minimum absolute atomic E-state index is 0.159. The Bertz CT molecular complexity index is 903. The smallest absolute Gasteiger partial charge is 0.320 e. The molecule has 3 aromatic rings. The lowest BCUT2D eigenvalue weighted by Crippen LogP contribution is -2.42. The van der Waals surface area contributed by atoms with Crippen molar-refractivity contribution in [2.75, 3.05) is 6.54 Å². The van der Waals surface area contributed by atoms with E-state index >= 15 is 0 Å². The van der Waals surface area contributed by atoms with E-state index in [4.69, 9.17) is 12.2 Å². The number of thiocarbonyl (C=S) groups is 1. The Morgan fingerprint density at radius 3 is 2.42 bits per heavy atom. The number of benzene rings is 3. The second-order valence-corrected chi connectivity index (χ2v) is 6.60. The first-order valence-electron chi connectivity index (χ1n) is 8.81. The number of urea groups is 1. The van der Waals surface area contributed by atoms with Gasteiger partial charge in [-0.2, -0.15) is 0 Å². The third-order valence-corrected chi connectivity index (χ3v) is 4.57. The molecule has 4 heteroatoms. The molecule has 0 aromatic heterocycles. The number of hydrogen-bond donors (Lipinski definition) is 1. The maximum atomic E-state index is 12.8. The molecule has 0 radical (unpaired) electrons. The van der Waals surface area contributed by atoms with Crippen LogP contribution in [0.5, 0.6) is 0 Å². The first-order chi connectivity index (χ1) is 12.7. The summed E-state index contributed by atoms with van der Waals surface area (Å²) in [5.41, 5.74) is 1.98. The summed E-state index contributed by atoms with van der Waals surface area (Å²) >= 11 is 5.53. The lowest BCUT2D eigenvalue weighted by Gasteiger charge is -2.23. The zero-order chi connectivity index (χ0) is 18.4. The average molecular weight is 362 g/mol. The summed E-state index contributed by atoms with van der Waals surface area (Å²) < 4.78 is 0. The van der Waals surface area contributed by atoms with Gasteiger partial charge < -0.3 is 4.90 Å². The second kappa shape index (κ2) is 8.59. The molecule has 132 valence electrons. The molecule has 0 aliphatic carbocycles. The number of carbonyl (C=O) groups is 1. The van der Waals surface area contributed by atoms with Crippen LogP contribution in [-0.4, -0.2) is 22.5 Å². The maximum Gasteiger partial charge on any atom is 0.322 e. The summed E-state index contributed by atoms with van der Waals surface area (Å²) in [4.78, 5) is 15.0. The van der Waals surface area contributed by atoms with Crippen LogP contribution in [0.15, 0.2) is 72.8 Å². The van der Waals surface area contributed by atoms with Crippen molar-refractivity contribution in [3.05, 3.63) is 83.9 Å². The lowest BCUT2D eigenvalue weighted by molar-refractivity contribution is 0.200. The predicted molar refractivity (Wildman–Crippen MR) is 111 cm³/mol. The van der Waals surface area contributed by atoms with Crippen LogP contribution in [0.25, 0.3) is 10.8 Å². The predicted octanol–water partition coefficient (Wildman–Crippen LogP) is 5.14. The van der Waals surface area contributed by atoms with Gasteiger partial charge in [-0.1, -0.05) is 91.9 Å². The van der Waals surface area contributed by atoms with E-state index in [-0.39, 0.29) is 6.03 Å². The van der Waals surface area contributed by atoms with Crippen molar-refractivity contribution in [2.24, 2.45) is 0 Å². The number of amides is 2. The summed E-state index contributed by atoms with van der Waals surface area (Å²) in [7, 11) is 0. The number of fused-ring (bicyclic) bond motifs is 1. The number of carbonyl (C=O) groups excluding carboxylic acids is 1. The standard InChI is InChI=1S/C22H22N2OS/c1-2-15-24(16-17-9-4-3-5-10-17)22(25)23-21(26)20-14-8-12-18-11-6-7-13-19(18)20/h3-14H,2,15-16H2,1H3,(H,23,25,26). The van der Waals surface area contributed by atoms with E-state index in [1.165, 1.54) is 0 Å². The second-order valence-electron chi connectivity index (χ2n) is 6.19. The van der Waals surface area contributed by atoms with Crippen LogP contribution in [0.1, 0.15) is 24.5 Å². The Morgan fingerprint density at radius 2 is 1.65 bits per heavy atom. The van der Waals surface area contributed by atoms with Gasteiger partial charge in [0.25, 0.3) is 0 Å². The Kier molecular flexibility index (Phi) is 5.97. The topological polar surface area (TPSA) is 32.3 Å². The van der Waals surface area contributed by atoms with Crippen LogP contribution in [-0.2, 0) is 6.54 Å². The van der Waals surface area contributed by atoms with E-state index in [1.54, 1.807) is 4.90 Å². The van der Waals surface area contributed by atoms with E-state index < -0.39 is 0 Å². The van der Waals surface area contributed by atoms with Gasteiger partial charge in [0.15, 0.2) is 0 Å². The van der Waals surface area contributed by atoms with Gasteiger partial charge in [-0.25, -0.2) is 4.79 Å².